The van der Waals surface area contributed by atoms with Gasteiger partial charge in [0.1, 0.15) is 6.04 Å². The Labute approximate surface area is 187 Å². The molecule has 0 aromatic heterocycles. The SMILES string of the molecule is CC(C)C[C@H](N)C(=O)Nc1ccc(-c2ccc(C(=O)NC(C(=O)NO)[C@@H](C)O)cc2)cc1. The second-order valence-corrected chi connectivity index (χ2v) is 8.05. The van der Waals surface area contributed by atoms with Gasteiger partial charge in [-0.2, -0.15) is 0 Å². The zero-order valence-corrected chi connectivity index (χ0v) is 18.3. The predicted molar refractivity (Wildman–Crippen MR) is 121 cm³/mol. The van der Waals surface area contributed by atoms with Gasteiger partial charge in [0.05, 0.1) is 12.1 Å². The molecule has 9 heteroatoms. The molecule has 7 N–H and O–H groups in total. The van der Waals surface area contributed by atoms with E-state index in [0.29, 0.717) is 18.0 Å². The maximum absolute atomic E-state index is 12.4. The summed E-state index contributed by atoms with van der Waals surface area (Å²) in [6.45, 7) is 5.34. The number of nitrogens with one attached hydrogen (secondary N) is 3. The van der Waals surface area contributed by atoms with Crippen molar-refractivity contribution in [1.82, 2.24) is 10.8 Å². The van der Waals surface area contributed by atoms with Crippen LogP contribution in [0.2, 0.25) is 0 Å². The summed E-state index contributed by atoms with van der Waals surface area (Å²) in [6, 6.07) is 12.0. The fraction of sp³-hybridized carbons (Fsp3) is 0.348. The number of anilines is 1. The monoisotopic (exact) mass is 442 g/mol. The standard InChI is InChI=1S/C23H30N4O5/c1-13(2)12-19(24)22(30)25-18-10-8-16(9-11-18)15-4-6-17(7-5-15)21(29)26-20(14(3)28)23(31)27-32/h4-11,13-14,19-20,28,32H,12,24H2,1-3H3,(H,25,30)(H,26,29)(H,27,31)/t14-,19+,20?/m1/s1. The molecular weight excluding hydrogens is 412 g/mol. The number of aliphatic hydroxyl groups is 1. The minimum Gasteiger partial charge on any atom is -0.391 e. The first-order valence-corrected chi connectivity index (χ1v) is 10.3. The average Bonchev–Trinajstić information content (AvgIpc) is 2.76. The van der Waals surface area contributed by atoms with E-state index in [2.05, 4.69) is 10.6 Å². The summed E-state index contributed by atoms with van der Waals surface area (Å²) < 4.78 is 0. The van der Waals surface area contributed by atoms with Gasteiger partial charge in [0, 0.05) is 11.3 Å². The number of amides is 3. The van der Waals surface area contributed by atoms with Crippen molar-refractivity contribution < 1.29 is 24.7 Å². The van der Waals surface area contributed by atoms with Crippen LogP contribution in [0.25, 0.3) is 11.1 Å². The van der Waals surface area contributed by atoms with Crippen molar-refractivity contribution in [2.75, 3.05) is 5.32 Å². The number of hydroxylamine groups is 1. The average molecular weight is 443 g/mol. The van der Waals surface area contributed by atoms with Crippen molar-refractivity contribution in [1.29, 1.82) is 0 Å². The van der Waals surface area contributed by atoms with Gasteiger partial charge in [-0.1, -0.05) is 38.1 Å². The minimum atomic E-state index is -1.29. The van der Waals surface area contributed by atoms with Gasteiger partial charge in [-0.25, -0.2) is 5.48 Å². The molecule has 0 radical (unpaired) electrons. The Morgan fingerprint density at radius 2 is 1.44 bits per heavy atom. The van der Waals surface area contributed by atoms with Crippen LogP contribution in [0.5, 0.6) is 0 Å². The van der Waals surface area contributed by atoms with Crippen LogP contribution >= 0.6 is 0 Å². The van der Waals surface area contributed by atoms with Gasteiger partial charge >= 0.3 is 0 Å². The van der Waals surface area contributed by atoms with Crippen LogP contribution in [0, 0.1) is 5.92 Å². The van der Waals surface area contributed by atoms with Crippen molar-refractivity contribution in [3.8, 4) is 11.1 Å². The molecule has 0 heterocycles. The minimum absolute atomic E-state index is 0.229. The molecule has 0 bridgehead atoms. The number of carbonyl (C=O) groups is 3. The van der Waals surface area contributed by atoms with E-state index in [9.17, 15) is 19.5 Å². The number of hydrogen-bond acceptors (Lipinski definition) is 6. The highest BCUT2D eigenvalue weighted by Gasteiger charge is 2.25. The van der Waals surface area contributed by atoms with E-state index in [1.165, 1.54) is 12.4 Å². The largest absolute Gasteiger partial charge is 0.391 e. The number of carbonyl (C=O) groups excluding carboxylic acids is 3. The molecule has 0 saturated carbocycles. The summed E-state index contributed by atoms with van der Waals surface area (Å²) in [5, 5.41) is 23.5. The third-order valence-corrected chi connectivity index (χ3v) is 4.86. The first-order valence-electron chi connectivity index (χ1n) is 10.3. The van der Waals surface area contributed by atoms with E-state index in [4.69, 9.17) is 10.9 Å². The van der Waals surface area contributed by atoms with Crippen molar-refractivity contribution in [2.45, 2.75) is 45.4 Å². The van der Waals surface area contributed by atoms with E-state index < -0.39 is 30.0 Å². The number of aliphatic hydroxyl groups excluding tert-OH is 1. The van der Waals surface area contributed by atoms with Gasteiger partial charge in [0.2, 0.25) is 5.91 Å². The molecule has 2 aromatic rings. The highest BCUT2D eigenvalue weighted by atomic mass is 16.5. The van der Waals surface area contributed by atoms with Gasteiger partial charge < -0.3 is 21.5 Å². The molecule has 0 fully saturated rings. The second kappa shape index (κ2) is 11.4. The van der Waals surface area contributed by atoms with E-state index in [0.717, 1.165) is 11.1 Å². The Kier molecular flexibility index (Phi) is 8.89. The predicted octanol–water partition coefficient (Wildman–Crippen LogP) is 1.65. The molecule has 0 aliphatic heterocycles. The Morgan fingerprint density at radius 3 is 1.91 bits per heavy atom. The number of hydrogen-bond donors (Lipinski definition) is 6. The number of benzene rings is 2. The van der Waals surface area contributed by atoms with Gasteiger partial charge in [-0.3, -0.25) is 19.6 Å². The molecule has 0 aliphatic rings. The van der Waals surface area contributed by atoms with Crippen LogP contribution in [0.3, 0.4) is 0 Å². The first kappa shape index (κ1) is 25.0. The van der Waals surface area contributed by atoms with Gasteiger partial charge in [0.15, 0.2) is 0 Å². The summed E-state index contributed by atoms with van der Waals surface area (Å²) in [5.74, 6) is -1.38. The molecule has 3 atom stereocenters. The molecule has 0 spiro atoms. The van der Waals surface area contributed by atoms with Crippen LogP contribution in [0.15, 0.2) is 48.5 Å². The highest BCUT2D eigenvalue weighted by molar-refractivity contribution is 5.98. The summed E-state index contributed by atoms with van der Waals surface area (Å²) in [7, 11) is 0. The lowest BCUT2D eigenvalue weighted by Gasteiger charge is -2.19. The molecule has 2 aromatic carbocycles. The fourth-order valence-electron chi connectivity index (χ4n) is 3.11. The maximum atomic E-state index is 12.4. The van der Waals surface area contributed by atoms with Crippen LogP contribution in [-0.4, -0.2) is 46.2 Å². The normalized spacial score (nSPS) is 13.7. The van der Waals surface area contributed by atoms with Gasteiger partial charge in [-0.05, 0) is 54.7 Å². The summed E-state index contributed by atoms with van der Waals surface area (Å²) in [4.78, 5) is 36.1. The van der Waals surface area contributed by atoms with Crippen molar-refractivity contribution in [3.63, 3.8) is 0 Å². The van der Waals surface area contributed by atoms with Crippen LogP contribution in [-0.2, 0) is 9.59 Å². The molecular formula is C23H30N4O5. The Bertz CT molecular complexity index is 926. The van der Waals surface area contributed by atoms with Crippen molar-refractivity contribution >= 4 is 23.4 Å². The Balaban J connectivity index is 2.04. The summed E-state index contributed by atoms with van der Waals surface area (Å²) in [5.41, 5.74) is 9.97. The highest BCUT2D eigenvalue weighted by Crippen LogP contribution is 2.22. The number of rotatable bonds is 9. The van der Waals surface area contributed by atoms with Crippen LogP contribution in [0.4, 0.5) is 5.69 Å². The molecule has 32 heavy (non-hydrogen) atoms. The maximum Gasteiger partial charge on any atom is 0.268 e. The second-order valence-electron chi connectivity index (χ2n) is 8.05. The topological polar surface area (TPSA) is 154 Å². The van der Waals surface area contributed by atoms with E-state index >= 15 is 0 Å². The lowest BCUT2D eigenvalue weighted by molar-refractivity contribution is -0.133. The lowest BCUT2D eigenvalue weighted by Crippen LogP contribution is -2.51. The zero-order chi connectivity index (χ0) is 23.8. The smallest absolute Gasteiger partial charge is 0.268 e. The van der Waals surface area contributed by atoms with Crippen LogP contribution < -0.4 is 21.8 Å². The molecule has 2 rings (SSSR count). The van der Waals surface area contributed by atoms with Gasteiger partial charge in [-0.15, -0.1) is 0 Å². The Hall–Kier alpha value is -3.27. The van der Waals surface area contributed by atoms with Gasteiger partial charge in [0.25, 0.3) is 11.8 Å². The quantitative estimate of drug-likeness (QED) is 0.256. The third kappa shape index (κ3) is 6.88. The van der Waals surface area contributed by atoms with Crippen molar-refractivity contribution in [3.05, 3.63) is 54.1 Å². The summed E-state index contributed by atoms with van der Waals surface area (Å²) in [6.07, 6.45) is -0.587. The van der Waals surface area contributed by atoms with Crippen molar-refractivity contribution in [2.24, 2.45) is 11.7 Å². The van der Waals surface area contributed by atoms with E-state index in [-0.39, 0.29) is 11.5 Å². The Morgan fingerprint density at radius 1 is 0.906 bits per heavy atom. The molecule has 1 unspecified atom stereocenters. The summed E-state index contributed by atoms with van der Waals surface area (Å²) >= 11 is 0. The molecule has 172 valence electrons. The van der Waals surface area contributed by atoms with E-state index in [1.54, 1.807) is 36.4 Å². The van der Waals surface area contributed by atoms with E-state index in [1.807, 2.05) is 26.0 Å². The fourth-order valence-corrected chi connectivity index (χ4v) is 3.11. The molecule has 0 aliphatic carbocycles. The third-order valence-electron chi connectivity index (χ3n) is 4.86. The van der Waals surface area contributed by atoms with Crippen LogP contribution in [0.1, 0.15) is 37.6 Å². The number of nitrogens with two attached hydrogens (primary N) is 1. The first-order chi connectivity index (χ1) is 15.1. The molecule has 3 amide bonds. The molecule has 0 saturated heterocycles. The zero-order valence-electron chi connectivity index (χ0n) is 18.3. The lowest BCUT2D eigenvalue weighted by atomic mass is 10.0. The molecule has 9 nitrogen and oxygen atoms in total.